The molecule has 1 rings (SSSR count). The Morgan fingerprint density at radius 3 is 2.42 bits per heavy atom. The number of carbonyl (C=O) groups is 2. The fourth-order valence-corrected chi connectivity index (χ4v) is 2.22. The van der Waals surface area contributed by atoms with Crippen LogP contribution in [-0.4, -0.2) is 60.8 Å². The second kappa shape index (κ2) is 13.1. The van der Waals surface area contributed by atoms with Crippen LogP contribution in [0.5, 0.6) is 0 Å². The molecule has 7 heteroatoms. The van der Waals surface area contributed by atoms with Gasteiger partial charge in [0.05, 0.1) is 19.8 Å². The number of carboxylic acid groups (broad SMARTS) is 1. The van der Waals surface area contributed by atoms with E-state index in [0.29, 0.717) is 13.2 Å². The van der Waals surface area contributed by atoms with Crippen LogP contribution in [0.1, 0.15) is 34.1 Å². The first-order chi connectivity index (χ1) is 12.4. The Bertz CT molecular complexity index is 506. The molecule has 1 aliphatic rings. The molecule has 0 aliphatic carbocycles. The van der Waals surface area contributed by atoms with Crippen molar-refractivity contribution in [1.82, 2.24) is 4.90 Å². The highest BCUT2D eigenvalue weighted by atomic mass is 16.7. The second-order valence-electron chi connectivity index (χ2n) is 5.47. The highest BCUT2D eigenvalue weighted by Crippen LogP contribution is 2.20. The third kappa shape index (κ3) is 9.39. The molecule has 0 aromatic rings. The number of aliphatic carboxylic acids is 1. The third-order valence-corrected chi connectivity index (χ3v) is 3.24. The van der Waals surface area contributed by atoms with Gasteiger partial charge in [0, 0.05) is 0 Å². The van der Waals surface area contributed by atoms with E-state index in [1.807, 2.05) is 26.8 Å². The Labute approximate surface area is 155 Å². The number of carbonyl (C=O) groups excluding carboxylic acids is 1. The van der Waals surface area contributed by atoms with Gasteiger partial charge < -0.3 is 19.3 Å². The molecule has 26 heavy (non-hydrogen) atoms. The molecule has 0 radical (unpaired) electrons. The van der Waals surface area contributed by atoms with E-state index in [1.165, 1.54) is 0 Å². The summed E-state index contributed by atoms with van der Waals surface area (Å²) in [5.41, 5.74) is 0.743. The van der Waals surface area contributed by atoms with Crippen LogP contribution in [0, 0.1) is 0 Å². The summed E-state index contributed by atoms with van der Waals surface area (Å²) in [5.74, 6) is -2.17. The van der Waals surface area contributed by atoms with Crippen LogP contribution in [0.2, 0.25) is 0 Å². The number of ether oxygens (including phenoxy) is 3. The van der Waals surface area contributed by atoms with Crippen molar-refractivity contribution in [3.05, 3.63) is 36.5 Å². The van der Waals surface area contributed by atoms with E-state index in [-0.39, 0.29) is 13.2 Å². The van der Waals surface area contributed by atoms with E-state index in [9.17, 15) is 9.59 Å². The summed E-state index contributed by atoms with van der Waals surface area (Å²) >= 11 is 0. The lowest BCUT2D eigenvalue weighted by Crippen LogP contribution is -2.51. The van der Waals surface area contributed by atoms with Crippen molar-refractivity contribution in [2.24, 2.45) is 0 Å². The monoisotopic (exact) mass is 369 g/mol. The highest BCUT2D eigenvalue weighted by molar-refractivity contribution is 5.76. The average molecular weight is 369 g/mol. The fraction of sp³-hybridized carbons (Fsp3) is 0.579. The predicted molar refractivity (Wildman–Crippen MR) is 99.9 cm³/mol. The van der Waals surface area contributed by atoms with Gasteiger partial charge in [-0.05, 0) is 25.8 Å². The number of rotatable bonds is 8. The standard InChI is InChI=1S/C17H25NO6.C2H6/c1-4-7-14(8-5-2)12-22-16(21)18(11-15(19)20)13-17(3)23-9-6-10-24-17;1-2/h4-5,7-8H,1,6,9-13H2,2-3H3,(H,19,20);1-2H3/b8-5-,14-7+;. The Kier molecular flexibility index (Phi) is 12.1. The second-order valence-corrected chi connectivity index (χ2v) is 5.47. The summed E-state index contributed by atoms with van der Waals surface area (Å²) in [6.45, 7) is 11.6. The third-order valence-electron chi connectivity index (χ3n) is 3.24. The zero-order valence-electron chi connectivity index (χ0n) is 16.2. The molecule has 0 saturated carbocycles. The lowest BCUT2D eigenvalue weighted by Gasteiger charge is -2.37. The number of nitrogens with zero attached hydrogens (tertiary/aromatic N) is 1. The van der Waals surface area contributed by atoms with Crippen molar-refractivity contribution in [3.8, 4) is 0 Å². The molecule has 0 unspecified atom stereocenters. The maximum Gasteiger partial charge on any atom is 0.410 e. The molecule has 0 aromatic carbocycles. The van der Waals surface area contributed by atoms with Gasteiger partial charge in [-0.25, -0.2) is 4.79 Å². The van der Waals surface area contributed by atoms with Crippen LogP contribution < -0.4 is 0 Å². The van der Waals surface area contributed by atoms with Gasteiger partial charge in [0.2, 0.25) is 0 Å². The van der Waals surface area contributed by atoms with Crippen molar-refractivity contribution in [2.45, 2.75) is 39.9 Å². The maximum atomic E-state index is 12.3. The molecule has 148 valence electrons. The Balaban J connectivity index is 0.00000301. The smallest absolute Gasteiger partial charge is 0.410 e. The van der Waals surface area contributed by atoms with Crippen LogP contribution in [0.4, 0.5) is 4.79 Å². The first-order valence-electron chi connectivity index (χ1n) is 8.76. The van der Waals surface area contributed by atoms with Gasteiger partial charge in [0.15, 0.2) is 5.79 Å². The SMILES string of the molecule is C=C/C=C(\C=C/C)COC(=O)N(CC(=O)O)CC1(C)OCCCO1.CC. The topological polar surface area (TPSA) is 85.3 Å². The minimum Gasteiger partial charge on any atom is -0.480 e. The highest BCUT2D eigenvalue weighted by Gasteiger charge is 2.34. The van der Waals surface area contributed by atoms with E-state index in [4.69, 9.17) is 19.3 Å². The molecule has 1 fully saturated rings. The Morgan fingerprint density at radius 2 is 1.92 bits per heavy atom. The van der Waals surface area contributed by atoms with Gasteiger partial charge in [-0.3, -0.25) is 9.69 Å². The van der Waals surface area contributed by atoms with E-state index >= 15 is 0 Å². The van der Waals surface area contributed by atoms with Crippen LogP contribution in [0.25, 0.3) is 0 Å². The van der Waals surface area contributed by atoms with Crippen molar-refractivity contribution >= 4 is 12.1 Å². The van der Waals surface area contributed by atoms with Gasteiger partial charge in [-0.1, -0.05) is 44.7 Å². The largest absolute Gasteiger partial charge is 0.480 e. The van der Waals surface area contributed by atoms with Crippen molar-refractivity contribution in [2.75, 3.05) is 32.9 Å². The summed E-state index contributed by atoms with van der Waals surface area (Å²) in [6.07, 6.45) is 6.91. The number of carboxylic acids is 1. The van der Waals surface area contributed by atoms with Crippen molar-refractivity contribution in [3.63, 3.8) is 0 Å². The molecule has 0 spiro atoms. The molecule has 1 heterocycles. The number of allylic oxidation sites excluding steroid dienone is 3. The molecular formula is C19H31NO6. The van der Waals surface area contributed by atoms with E-state index in [1.54, 1.807) is 25.2 Å². The Hall–Kier alpha value is -2.12. The first-order valence-corrected chi connectivity index (χ1v) is 8.76. The quantitative estimate of drug-likeness (QED) is 0.660. The zero-order chi connectivity index (χ0) is 20.0. The minimum atomic E-state index is -1.14. The minimum absolute atomic E-state index is 0.0176. The zero-order valence-corrected chi connectivity index (χ0v) is 16.2. The van der Waals surface area contributed by atoms with E-state index in [2.05, 4.69) is 6.58 Å². The maximum absolute atomic E-state index is 12.3. The molecule has 0 bridgehead atoms. The summed E-state index contributed by atoms with van der Waals surface area (Å²) < 4.78 is 16.3. The lowest BCUT2D eigenvalue weighted by atomic mass is 10.2. The normalized spacial score (nSPS) is 16.4. The lowest BCUT2D eigenvalue weighted by molar-refractivity contribution is -0.260. The summed E-state index contributed by atoms with van der Waals surface area (Å²) in [6, 6.07) is 0. The van der Waals surface area contributed by atoms with Gasteiger partial charge >= 0.3 is 12.1 Å². The van der Waals surface area contributed by atoms with Gasteiger partial charge in [0.1, 0.15) is 13.2 Å². The number of hydrogen-bond donors (Lipinski definition) is 1. The van der Waals surface area contributed by atoms with Crippen LogP contribution in [-0.2, 0) is 19.0 Å². The van der Waals surface area contributed by atoms with Crippen LogP contribution in [0.15, 0.2) is 36.5 Å². The van der Waals surface area contributed by atoms with E-state index < -0.39 is 24.4 Å². The average Bonchev–Trinajstić information content (AvgIpc) is 2.61. The van der Waals surface area contributed by atoms with Gasteiger partial charge in [-0.15, -0.1) is 0 Å². The Morgan fingerprint density at radius 1 is 1.31 bits per heavy atom. The molecule has 0 aromatic heterocycles. The van der Waals surface area contributed by atoms with Gasteiger partial charge in [0.25, 0.3) is 0 Å². The molecule has 1 saturated heterocycles. The predicted octanol–water partition coefficient (Wildman–Crippen LogP) is 3.38. The fourth-order valence-electron chi connectivity index (χ4n) is 2.22. The van der Waals surface area contributed by atoms with E-state index in [0.717, 1.165) is 16.9 Å². The van der Waals surface area contributed by atoms with Crippen molar-refractivity contribution in [1.29, 1.82) is 0 Å². The van der Waals surface area contributed by atoms with Crippen molar-refractivity contribution < 1.29 is 28.9 Å². The molecular weight excluding hydrogens is 338 g/mol. The number of hydrogen-bond acceptors (Lipinski definition) is 5. The number of amides is 1. The summed E-state index contributed by atoms with van der Waals surface area (Å²) in [4.78, 5) is 24.4. The molecule has 1 aliphatic heterocycles. The molecule has 1 amide bonds. The molecule has 0 atom stereocenters. The van der Waals surface area contributed by atoms with Gasteiger partial charge in [-0.2, -0.15) is 0 Å². The molecule has 1 N–H and O–H groups in total. The summed E-state index contributed by atoms with van der Waals surface area (Å²) in [7, 11) is 0. The van der Waals surface area contributed by atoms with Crippen LogP contribution >= 0.6 is 0 Å². The first kappa shape index (κ1) is 23.9. The summed E-state index contributed by atoms with van der Waals surface area (Å²) in [5, 5.41) is 9.03. The molecule has 7 nitrogen and oxygen atoms in total. The van der Waals surface area contributed by atoms with Crippen LogP contribution in [0.3, 0.4) is 0 Å².